The van der Waals surface area contributed by atoms with Crippen molar-refractivity contribution >= 4 is 39.2 Å². The topological polar surface area (TPSA) is 44.8 Å². The number of thiocarbonyl (C=S) groups is 1. The molecule has 0 aromatic heterocycles. The first-order valence-electron chi connectivity index (χ1n) is 10.2. The average molecular weight is 490 g/mol. The van der Waals surface area contributed by atoms with E-state index in [1.165, 1.54) is 5.56 Å². The van der Waals surface area contributed by atoms with Gasteiger partial charge in [0, 0.05) is 37.2 Å². The molecule has 1 amide bonds. The van der Waals surface area contributed by atoms with Crippen molar-refractivity contribution in [3.63, 3.8) is 0 Å². The number of hydrogen-bond acceptors (Lipinski definition) is 4. The first-order valence-corrected chi connectivity index (χ1v) is 11.4. The van der Waals surface area contributed by atoms with Crippen molar-refractivity contribution in [3.8, 4) is 5.75 Å². The largest absolute Gasteiger partial charge is 0.492 e. The van der Waals surface area contributed by atoms with E-state index in [0.29, 0.717) is 29.0 Å². The first-order chi connectivity index (χ1) is 14.4. The van der Waals surface area contributed by atoms with Gasteiger partial charge in [-0.3, -0.25) is 15.0 Å². The van der Waals surface area contributed by atoms with Crippen LogP contribution in [0.1, 0.15) is 29.8 Å². The predicted molar refractivity (Wildman–Crippen MR) is 128 cm³/mol. The molecule has 1 saturated heterocycles. The van der Waals surface area contributed by atoms with Gasteiger partial charge in [0.15, 0.2) is 5.11 Å². The third-order valence-electron chi connectivity index (χ3n) is 4.89. The van der Waals surface area contributed by atoms with Crippen LogP contribution in [-0.4, -0.2) is 53.6 Å². The lowest BCUT2D eigenvalue weighted by Crippen LogP contribution is -2.52. The lowest BCUT2D eigenvalue weighted by molar-refractivity contribution is 0.0964. The molecular formula is C23H28BrN3O2S. The molecule has 30 heavy (non-hydrogen) atoms. The highest BCUT2D eigenvalue weighted by Gasteiger charge is 2.22. The number of rotatable bonds is 6. The van der Waals surface area contributed by atoms with E-state index < -0.39 is 0 Å². The number of carbonyl (C=O) groups excluding carboxylic acids is 1. The van der Waals surface area contributed by atoms with Crippen molar-refractivity contribution in [3.05, 3.63) is 64.1 Å². The van der Waals surface area contributed by atoms with Crippen molar-refractivity contribution < 1.29 is 9.53 Å². The smallest absolute Gasteiger partial charge is 0.261 e. The molecular weight excluding hydrogens is 462 g/mol. The quantitative estimate of drug-likeness (QED) is 0.612. The third kappa shape index (κ3) is 6.52. The van der Waals surface area contributed by atoms with Crippen LogP contribution in [0.4, 0.5) is 0 Å². The number of ether oxygens (including phenoxy) is 1. The fourth-order valence-corrected chi connectivity index (χ4v) is 3.89. The summed E-state index contributed by atoms with van der Waals surface area (Å²) in [5.41, 5.74) is 1.79. The van der Waals surface area contributed by atoms with Crippen LogP contribution in [0.25, 0.3) is 0 Å². The van der Waals surface area contributed by atoms with E-state index in [9.17, 15) is 4.79 Å². The summed E-state index contributed by atoms with van der Waals surface area (Å²) in [5.74, 6) is 0.699. The average Bonchev–Trinajstić information content (AvgIpc) is 2.74. The minimum absolute atomic E-state index is 0.244. The number of halogens is 1. The van der Waals surface area contributed by atoms with Crippen molar-refractivity contribution in [2.45, 2.75) is 20.4 Å². The lowest BCUT2D eigenvalue weighted by atomic mass is 10.2. The van der Waals surface area contributed by atoms with Crippen molar-refractivity contribution in [2.75, 3.05) is 32.8 Å². The van der Waals surface area contributed by atoms with Gasteiger partial charge in [-0.15, -0.1) is 0 Å². The molecule has 0 spiro atoms. The Bertz CT molecular complexity index is 868. The maximum absolute atomic E-state index is 12.9. The second-order valence-electron chi connectivity index (χ2n) is 7.85. The molecule has 0 saturated carbocycles. The molecule has 5 nitrogen and oxygen atoms in total. The molecule has 160 valence electrons. The summed E-state index contributed by atoms with van der Waals surface area (Å²) in [5, 5.41) is 3.35. The summed E-state index contributed by atoms with van der Waals surface area (Å²) >= 11 is 8.96. The molecule has 0 bridgehead atoms. The number of carbonyl (C=O) groups is 1. The Morgan fingerprint density at radius 1 is 1.13 bits per heavy atom. The Hall–Kier alpha value is -1.96. The summed E-state index contributed by atoms with van der Waals surface area (Å²) in [6, 6.07) is 15.9. The Morgan fingerprint density at radius 2 is 1.83 bits per heavy atom. The molecule has 2 aromatic carbocycles. The fraction of sp³-hybridized carbons (Fsp3) is 0.391. The standard InChI is InChI=1S/C23H28BrN3O2S/c1-17(2)16-29-21-9-8-19(24)14-20(21)22(28)25-23(30)27-12-10-26(11-13-27)15-18-6-4-3-5-7-18/h3-9,14,17H,10-13,15-16H2,1-2H3,(H,25,28,30). The van der Waals surface area contributed by atoms with E-state index in [-0.39, 0.29) is 5.91 Å². The zero-order chi connectivity index (χ0) is 21.5. The summed E-state index contributed by atoms with van der Waals surface area (Å²) in [6.45, 7) is 9.03. The SMILES string of the molecule is CC(C)COc1ccc(Br)cc1C(=O)NC(=S)N1CCN(Cc2ccccc2)CC1. The van der Waals surface area contributed by atoms with Crippen LogP contribution in [0.5, 0.6) is 5.75 Å². The lowest BCUT2D eigenvalue weighted by Gasteiger charge is -2.36. The normalized spacial score (nSPS) is 14.6. The van der Waals surface area contributed by atoms with Gasteiger partial charge in [-0.05, 0) is 41.9 Å². The zero-order valence-electron chi connectivity index (χ0n) is 17.4. The van der Waals surface area contributed by atoms with E-state index in [4.69, 9.17) is 17.0 Å². The van der Waals surface area contributed by atoms with E-state index in [2.05, 4.69) is 69.2 Å². The van der Waals surface area contributed by atoms with Gasteiger partial charge in [-0.1, -0.05) is 60.1 Å². The van der Waals surface area contributed by atoms with E-state index in [0.717, 1.165) is 37.2 Å². The van der Waals surface area contributed by atoms with Crippen molar-refractivity contribution in [1.29, 1.82) is 0 Å². The van der Waals surface area contributed by atoms with Gasteiger partial charge in [0.25, 0.3) is 5.91 Å². The molecule has 1 N–H and O–H groups in total. The Labute approximate surface area is 192 Å². The second-order valence-corrected chi connectivity index (χ2v) is 9.16. The Balaban J connectivity index is 1.55. The Morgan fingerprint density at radius 3 is 2.50 bits per heavy atom. The van der Waals surface area contributed by atoms with Gasteiger partial charge in [-0.25, -0.2) is 0 Å². The summed E-state index contributed by atoms with van der Waals surface area (Å²) < 4.78 is 6.65. The molecule has 1 aliphatic heterocycles. The van der Waals surface area contributed by atoms with Crippen molar-refractivity contribution in [1.82, 2.24) is 15.1 Å². The van der Waals surface area contributed by atoms with Crippen LogP contribution >= 0.6 is 28.1 Å². The molecule has 3 rings (SSSR count). The number of amides is 1. The molecule has 1 heterocycles. The number of nitrogens with one attached hydrogen (secondary N) is 1. The predicted octanol–water partition coefficient (Wildman–Crippen LogP) is 4.32. The molecule has 1 aliphatic rings. The molecule has 2 aromatic rings. The van der Waals surface area contributed by atoms with Crippen LogP contribution in [0.2, 0.25) is 0 Å². The minimum Gasteiger partial charge on any atom is -0.492 e. The van der Waals surface area contributed by atoms with E-state index >= 15 is 0 Å². The van der Waals surface area contributed by atoms with Crippen LogP contribution in [0.3, 0.4) is 0 Å². The minimum atomic E-state index is -0.244. The molecule has 0 unspecified atom stereocenters. The molecule has 0 aliphatic carbocycles. The van der Waals surface area contributed by atoms with Crippen LogP contribution in [0.15, 0.2) is 53.0 Å². The number of nitrogens with zero attached hydrogens (tertiary/aromatic N) is 2. The van der Waals surface area contributed by atoms with Crippen LogP contribution < -0.4 is 10.1 Å². The van der Waals surface area contributed by atoms with Crippen molar-refractivity contribution in [2.24, 2.45) is 5.92 Å². The van der Waals surface area contributed by atoms with Gasteiger partial charge in [-0.2, -0.15) is 0 Å². The summed E-state index contributed by atoms with van der Waals surface area (Å²) in [4.78, 5) is 17.3. The number of piperazine rings is 1. The van der Waals surface area contributed by atoms with Gasteiger partial charge in [0.1, 0.15) is 5.75 Å². The highest BCUT2D eigenvalue weighted by Crippen LogP contribution is 2.24. The van der Waals surface area contributed by atoms with Crippen LogP contribution in [-0.2, 0) is 6.54 Å². The third-order valence-corrected chi connectivity index (χ3v) is 5.74. The van der Waals surface area contributed by atoms with Crippen LogP contribution in [0, 0.1) is 5.92 Å². The second kappa shape index (κ2) is 10.9. The highest BCUT2D eigenvalue weighted by atomic mass is 79.9. The maximum atomic E-state index is 12.9. The highest BCUT2D eigenvalue weighted by molar-refractivity contribution is 9.10. The van der Waals surface area contributed by atoms with Gasteiger partial charge in [0.2, 0.25) is 0 Å². The fourth-order valence-electron chi connectivity index (χ4n) is 3.26. The zero-order valence-corrected chi connectivity index (χ0v) is 19.8. The van der Waals surface area contributed by atoms with Gasteiger partial charge in [0.05, 0.1) is 12.2 Å². The maximum Gasteiger partial charge on any atom is 0.261 e. The molecule has 0 radical (unpaired) electrons. The summed E-state index contributed by atoms with van der Waals surface area (Å²) in [6.07, 6.45) is 0. The monoisotopic (exact) mass is 489 g/mol. The number of benzene rings is 2. The number of hydrogen-bond donors (Lipinski definition) is 1. The summed E-state index contributed by atoms with van der Waals surface area (Å²) in [7, 11) is 0. The molecule has 0 atom stereocenters. The molecule has 1 fully saturated rings. The molecule has 7 heteroatoms. The van der Waals surface area contributed by atoms with E-state index in [1.807, 2.05) is 18.2 Å². The van der Waals surface area contributed by atoms with E-state index in [1.54, 1.807) is 6.07 Å². The van der Waals surface area contributed by atoms with Gasteiger partial charge < -0.3 is 9.64 Å². The first kappa shape index (κ1) is 22.7. The van der Waals surface area contributed by atoms with Gasteiger partial charge >= 0.3 is 0 Å². The Kier molecular flexibility index (Phi) is 8.24.